The number of benzene rings is 1. The molecule has 0 aliphatic heterocycles. The number of nitrogens with zero attached hydrogens (tertiary/aromatic N) is 3. The van der Waals surface area contributed by atoms with E-state index in [9.17, 15) is 8.42 Å². The van der Waals surface area contributed by atoms with Crippen LogP contribution in [0.1, 0.15) is 77.3 Å². The van der Waals surface area contributed by atoms with Crippen molar-refractivity contribution < 1.29 is 13.2 Å². The van der Waals surface area contributed by atoms with Gasteiger partial charge in [-0.3, -0.25) is 0 Å². The normalized spacial score (nSPS) is 16.9. The van der Waals surface area contributed by atoms with Gasteiger partial charge in [-0.2, -0.15) is 0 Å². The minimum Gasteiger partial charge on any atom is -0.377 e. The predicted molar refractivity (Wildman–Crippen MR) is 130 cm³/mol. The van der Waals surface area contributed by atoms with Crippen molar-refractivity contribution in [3.8, 4) is 0 Å². The molecular formula is C26H35N3O3S. The SMILES string of the molecule is COC(C)c1ccc(S(=O)(=O)c2ccc3c(c2)nc(C(C)(C)C)n3CC2CCCCC2)nc1. The van der Waals surface area contributed by atoms with Crippen molar-refractivity contribution in [1.82, 2.24) is 14.5 Å². The molecule has 0 spiro atoms. The topological polar surface area (TPSA) is 74.1 Å². The molecule has 0 radical (unpaired) electrons. The fourth-order valence-corrected chi connectivity index (χ4v) is 5.90. The Morgan fingerprint density at radius 1 is 1.12 bits per heavy atom. The second kappa shape index (κ2) is 9.18. The lowest BCUT2D eigenvalue weighted by Crippen LogP contribution is -2.22. The van der Waals surface area contributed by atoms with Gasteiger partial charge >= 0.3 is 0 Å². The first kappa shape index (κ1) is 23.9. The number of rotatable bonds is 6. The van der Waals surface area contributed by atoms with E-state index in [2.05, 4.69) is 30.3 Å². The van der Waals surface area contributed by atoms with Gasteiger partial charge in [-0.1, -0.05) is 46.1 Å². The number of fused-ring (bicyclic) bond motifs is 1. The first-order valence-electron chi connectivity index (χ1n) is 11.9. The summed E-state index contributed by atoms with van der Waals surface area (Å²) in [5.41, 5.74) is 2.42. The molecule has 1 saturated carbocycles. The van der Waals surface area contributed by atoms with Crippen LogP contribution in [0.15, 0.2) is 46.5 Å². The van der Waals surface area contributed by atoms with Crippen molar-refractivity contribution in [2.45, 2.75) is 87.8 Å². The zero-order valence-corrected chi connectivity index (χ0v) is 21.2. The summed E-state index contributed by atoms with van der Waals surface area (Å²) in [4.78, 5) is 9.37. The highest BCUT2D eigenvalue weighted by Crippen LogP contribution is 2.33. The number of ether oxygens (including phenoxy) is 1. The van der Waals surface area contributed by atoms with E-state index in [4.69, 9.17) is 9.72 Å². The maximum Gasteiger partial charge on any atom is 0.223 e. The van der Waals surface area contributed by atoms with E-state index in [1.807, 2.05) is 13.0 Å². The first-order chi connectivity index (χ1) is 15.6. The van der Waals surface area contributed by atoms with Gasteiger partial charge in [-0.05, 0) is 55.5 Å². The Labute approximate surface area is 197 Å². The zero-order valence-electron chi connectivity index (χ0n) is 20.3. The van der Waals surface area contributed by atoms with Crippen LogP contribution >= 0.6 is 0 Å². The second-order valence-corrected chi connectivity index (χ2v) is 12.2. The van der Waals surface area contributed by atoms with Crippen LogP contribution in [-0.4, -0.2) is 30.1 Å². The molecule has 4 rings (SSSR count). The van der Waals surface area contributed by atoms with Crippen LogP contribution in [-0.2, 0) is 26.5 Å². The molecule has 0 saturated heterocycles. The Bertz CT molecular complexity index is 1220. The van der Waals surface area contributed by atoms with Crippen LogP contribution < -0.4 is 0 Å². The van der Waals surface area contributed by atoms with Crippen molar-refractivity contribution in [2.75, 3.05) is 7.11 Å². The molecule has 1 aliphatic rings. The molecule has 1 aromatic carbocycles. The van der Waals surface area contributed by atoms with Crippen LogP contribution in [0.25, 0.3) is 11.0 Å². The van der Waals surface area contributed by atoms with E-state index in [1.165, 1.54) is 32.1 Å². The number of imidazole rings is 1. The number of hydrogen-bond donors (Lipinski definition) is 0. The van der Waals surface area contributed by atoms with Crippen molar-refractivity contribution >= 4 is 20.9 Å². The molecule has 0 amide bonds. The van der Waals surface area contributed by atoms with E-state index in [1.54, 1.807) is 37.6 Å². The number of methoxy groups -OCH3 is 1. The third kappa shape index (κ3) is 4.85. The van der Waals surface area contributed by atoms with Crippen LogP contribution in [0, 0.1) is 5.92 Å². The summed E-state index contributed by atoms with van der Waals surface area (Å²) in [7, 11) is -2.13. The minimum atomic E-state index is -3.75. The van der Waals surface area contributed by atoms with Gasteiger partial charge < -0.3 is 9.30 Å². The van der Waals surface area contributed by atoms with Crippen LogP contribution in [0.2, 0.25) is 0 Å². The molecule has 6 nitrogen and oxygen atoms in total. The van der Waals surface area contributed by atoms with Gasteiger partial charge in [0.25, 0.3) is 0 Å². The highest BCUT2D eigenvalue weighted by Gasteiger charge is 2.27. The number of hydrogen-bond acceptors (Lipinski definition) is 5. The number of aromatic nitrogens is 3. The Balaban J connectivity index is 1.73. The van der Waals surface area contributed by atoms with Gasteiger partial charge in [-0.15, -0.1) is 0 Å². The summed E-state index contributed by atoms with van der Waals surface area (Å²) < 4.78 is 34.2. The van der Waals surface area contributed by atoms with E-state index in [0.717, 1.165) is 29.0 Å². The van der Waals surface area contributed by atoms with E-state index in [-0.39, 0.29) is 21.4 Å². The monoisotopic (exact) mass is 469 g/mol. The summed E-state index contributed by atoms with van der Waals surface area (Å²) in [6.07, 6.45) is 7.83. The van der Waals surface area contributed by atoms with E-state index < -0.39 is 9.84 Å². The standard InChI is InChI=1S/C26H35N3O3S/c1-18(32-5)20-11-14-24(27-16-20)33(30,31)21-12-13-23-22(15-21)28-25(26(2,3)4)29(23)17-19-9-7-6-8-10-19/h11-16,18-19H,6-10,17H2,1-5H3. The molecule has 3 aromatic rings. The van der Waals surface area contributed by atoms with Gasteiger partial charge in [0.15, 0.2) is 5.03 Å². The molecule has 2 aromatic heterocycles. The Hall–Kier alpha value is -2.25. The first-order valence-corrected chi connectivity index (χ1v) is 13.3. The molecule has 1 unspecified atom stereocenters. The molecule has 33 heavy (non-hydrogen) atoms. The Morgan fingerprint density at radius 2 is 1.85 bits per heavy atom. The van der Waals surface area contributed by atoms with Crippen LogP contribution in [0.5, 0.6) is 0 Å². The van der Waals surface area contributed by atoms with Gasteiger partial charge in [0.05, 0.1) is 22.0 Å². The minimum absolute atomic E-state index is 0.0339. The van der Waals surface area contributed by atoms with Crippen molar-refractivity contribution in [1.29, 1.82) is 0 Å². The average Bonchev–Trinajstić information content (AvgIpc) is 3.17. The number of pyridine rings is 1. The third-order valence-corrected chi connectivity index (χ3v) is 8.39. The largest absolute Gasteiger partial charge is 0.377 e. The highest BCUT2D eigenvalue weighted by molar-refractivity contribution is 7.91. The molecule has 178 valence electrons. The van der Waals surface area contributed by atoms with Gasteiger partial charge in [0.2, 0.25) is 9.84 Å². The Kier molecular flexibility index (Phi) is 6.65. The maximum absolute atomic E-state index is 13.3. The van der Waals surface area contributed by atoms with Gasteiger partial charge in [0, 0.05) is 25.3 Å². The van der Waals surface area contributed by atoms with E-state index >= 15 is 0 Å². The molecule has 1 fully saturated rings. The number of sulfone groups is 1. The molecule has 7 heteroatoms. The Morgan fingerprint density at radius 3 is 2.45 bits per heavy atom. The molecule has 2 heterocycles. The van der Waals surface area contributed by atoms with Crippen LogP contribution in [0.3, 0.4) is 0 Å². The van der Waals surface area contributed by atoms with Crippen LogP contribution in [0.4, 0.5) is 0 Å². The summed E-state index contributed by atoms with van der Waals surface area (Å²) >= 11 is 0. The van der Waals surface area contributed by atoms with E-state index in [0.29, 0.717) is 5.92 Å². The molecule has 0 bridgehead atoms. The molecule has 1 aliphatic carbocycles. The summed E-state index contributed by atoms with van der Waals surface area (Å²) in [6.45, 7) is 9.33. The molecule has 0 N–H and O–H groups in total. The van der Waals surface area contributed by atoms with Crippen molar-refractivity contribution in [3.63, 3.8) is 0 Å². The van der Waals surface area contributed by atoms with Gasteiger partial charge in [0.1, 0.15) is 5.82 Å². The quantitative estimate of drug-likeness (QED) is 0.453. The lowest BCUT2D eigenvalue weighted by Gasteiger charge is -2.26. The maximum atomic E-state index is 13.3. The lowest BCUT2D eigenvalue weighted by atomic mass is 9.88. The summed E-state index contributed by atoms with van der Waals surface area (Å²) in [5.74, 6) is 1.66. The highest BCUT2D eigenvalue weighted by atomic mass is 32.2. The lowest BCUT2D eigenvalue weighted by molar-refractivity contribution is 0.119. The fraction of sp³-hybridized carbons (Fsp3) is 0.538. The molecule has 1 atom stereocenters. The third-order valence-electron chi connectivity index (χ3n) is 6.72. The van der Waals surface area contributed by atoms with Crippen molar-refractivity contribution in [3.05, 3.63) is 47.9 Å². The second-order valence-electron chi connectivity index (χ2n) is 10.3. The summed E-state index contributed by atoms with van der Waals surface area (Å²) in [6, 6.07) is 8.60. The van der Waals surface area contributed by atoms with Gasteiger partial charge in [-0.25, -0.2) is 18.4 Å². The summed E-state index contributed by atoms with van der Waals surface area (Å²) in [5, 5.41) is 0.0339. The smallest absolute Gasteiger partial charge is 0.223 e. The fourth-order valence-electron chi connectivity index (χ4n) is 4.71. The zero-order chi connectivity index (χ0) is 23.8. The average molecular weight is 470 g/mol. The molecular weight excluding hydrogens is 434 g/mol. The van der Waals surface area contributed by atoms with Crippen molar-refractivity contribution in [2.24, 2.45) is 5.92 Å². The predicted octanol–water partition coefficient (Wildman–Crippen LogP) is 5.85.